The van der Waals surface area contributed by atoms with Crippen molar-refractivity contribution in [2.45, 2.75) is 0 Å². The summed E-state index contributed by atoms with van der Waals surface area (Å²) in [6, 6.07) is 9.33. The van der Waals surface area contributed by atoms with Crippen molar-refractivity contribution in [2.24, 2.45) is 0 Å². The first-order chi connectivity index (χ1) is 12.2. The fraction of sp³-hybridized carbons (Fsp3) is 0.105. The Morgan fingerprint density at radius 2 is 1.92 bits per heavy atom. The summed E-state index contributed by atoms with van der Waals surface area (Å²) in [6.07, 6.45) is 1.44. The maximum Gasteiger partial charge on any atom is 0.204 e. The van der Waals surface area contributed by atoms with Crippen molar-refractivity contribution in [3.63, 3.8) is 0 Å². The number of fused-ring (bicyclic) bond motifs is 2. The van der Waals surface area contributed by atoms with Crippen molar-refractivity contribution in [1.29, 1.82) is 0 Å². The molecule has 5 nitrogen and oxygen atoms in total. The normalized spacial score (nSPS) is 11.1. The van der Waals surface area contributed by atoms with Gasteiger partial charge in [0.05, 0.1) is 19.8 Å². The molecule has 25 heavy (non-hydrogen) atoms. The highest BCUT2D eigenvalue weighted by molar-refractivity contribution is 7.17. The minimum absolute atomic E-state index is 0.0458. The first-order valence-electron chi connectivity index (χ1n) is 7.51. The van der Waals surface area contributed by atoms with Crippen LogP contribution in [0.4, 0.5) is 0 Å². The van der Waals surface area contributed by atoms with Gasteiger partial charge in [0.2, 0.25) is 11.2 Å². The van der Waals surface area contributed by atoms with E-state index >= 15 is 0 Å². The number of methoxy groups -OCH3 is 2. The van der Waals surface area contributed by atoms with Crippen LogP contribution >= 0.6 is 11.3 Å². The predicted molar refractivity (Wildman–Crippen MR) is 98.1 cm³/mol. The maximum atomic E-state index is 13.1. The van der Waals surface area contributed by atoms with Crippen molar-refractivity contribution in [1.82, 2.24) is 0 Å². The third-order valence-corrected chi connectivity index (χ3v) is 5.12. The molecule has 2 aromatic carbocycles. The molecule has 0 atom stereocenters. The van der Waals surface area contributed by atoms with Gasteiger partial charge in [-0.25, -0.2) is 0 Å². The first-order valence-corrected chi connectivity index (χ1v) is 8.39. The summed E-state index contributed by atoms with van der Waals surface area (Å²) in [7, 11) is 2.81. The van der Waals surface area contributed by atoms with E-state index in [0.29, 0.717) is 11.1 Å². The molecule has 126 valence electrons. The van der Waals surface area contributed by atoms with Crippen LogP contribution in [0.1, 0.15) is 0 Å². The molecule has 0 aliphatic heterocycles. The molecule has 0 aliphatic rings. The molecule has 0 amide bonds. The standard InChI is InChI=1S/C19H14O5S/c1-22-14-7-13-16(19(23-2)18(14)21)17(20)11(8-24-13)12-9-25-15-6-4-3-5-10(12)15/h3-9,21H,1-2H3. The number of aromatic hydroxyl groups is 1. The fourth-order valence-corrected chi connectivity index (χ4v) is 3.91. The lowest BCUT2D eigenvalue weighted by molar-refractivity contribution is 0.342. The van der Waals surface area contributed by atoms with E-state index in [1.54, 1.807) is 11.3 Å². The highest BCUT2D eigenvalue weighted by atomic mass is 32.1. The van der Waals surface area contributed by atoms with Crippen LogP contribution in [0.25, 0.3) is 32.2 Å². The SMILES string of the molecule is COc1cc2occ(-c3csc4ccccc34)c(=O)c2c(OC)c1O. The number of ether oxygens (including phenoxy) is 2. The van der Waals surface area contributed by atoms with E-state index in [4.69, 9.17) is 13.9 Å². The van der Waals surface area contributed by atoms with Gasteiger partial charge in [-0.2, -0.15) is 0 Å². The van der Waals surface area contributed by atoms with Crippen molar-refractivity contribution in [2.75, 3.05) is 14.2 Å². The van der Waals surface area contributed by atoms with Crippen molar-refractivity contribution in [3.05, 3.63) is 52.2 Å². The van der Waals surface area contributed by atoms with Crippen LogP contribution < -0.4 is 14.9 Å². The van der Waals surface area contributed by atoms with E-state index in [0.717, 1.165) is 15.6 Å². The Bertz CT molecular complexity index is 1160. The monoisotopic (exact) mass is 354 g/mol. The molecule has 6 heteroatoms. The lowest BCUT2D eigenvalue weighted by atomic mass is 10.0. The number of hydrogen-bond donors (Lipinski definition) is 1. The Morgan fingerprint density at radius 1 is 1.12 bits per heavy atom. The molecule has 0 radical (unpaired) electrons. The van der Waals surface area contributed by atoms with Gasteiger partial charge in [-0.1, -0.05) is 18.2 Å². The molecular formula is C19H14O5S. The summed E-state index contributed by atoms with van der Waals surface area (Å²) in [6.45, 7) is 0. The van der Waals surface area contributed by atoms with Crippen molar-refractivity contribution < 1.29 is 19.0 Å². The average Bonchev–Trinajstić information content (AvgIpc) is 3.06. The van der Waals surface area contributed by atoms with Crippen LogP contribution in [0.15, 0.2) is 51.2 Å². The summed E-state index contributed by atoms with van der Waals surface area (Å²) in [5, 5.41) is 13.4. The zero-order chi connectivity index (χ0) is 17.6. The van der Waals surface area contributed by atoms with E-state index < -0.39 is 0 Å². The van der Waals surface area contributed by atoms with E-state index in [1.165, 1.54) is 26.5 Å². The largest absolute Gasteiger partial charge is 0.502 e. The molecule has 0 fully saturated rings. The lowest BCUT2D eigenvalue weighted by Crippen LogP contribution is -2.06. The van der Waals surface area contributed by atoms with Gasteiger partial charge in [-0.05, 0) is 6.07 Å². The second-order valence-corrected chi connectivity index (χ2v) is 6.37. The number of phenols is 1. The minimum Gasteiger partial charge on any atom is -0.502 e. The molecule has 2 heterocycles. The minimum atomic E-state index is -0.264. The summed E-state index contributed by atoms with van der Waals surface area (Å²) < 4.78 is 17.1. The highest BCUT2D eigenvalue weighted by Gasteiger charge is 2.21. The van der Waals surface area contributed by atoms with Crippen LogP contribution in [-0.2, 0) is 0 Å². The number of thiophene rings is 1. The summed E-state index contributed by atoms with van der Waals surface area (Å²) >= 11 is 1.56. The Labute approximate surface area is 146 Å². The Hall–Kier alpha value is -2.99. The zero-order valence-electron chi connectivity index (χ0n) is 13.5. The molecule has 4 aromatic rings. The molecule has 0 saturated heterocycles. The topological polar surface area (TPSA) is 68.9 Å². The molecule has 1 N–H and O–H groups in total. The Balaban J connectivity index is 2.08. The number of benzene rings is 2. The summed E-state index contributed by atoms with van der Waals surface area (Å²) in [5.41, 5.74) is 1.25. The molecule has 0 spiro atoms. The molecule has 2 aromatic heterocycles. The molecule has 4 rings (SSSR count). The van der Waals surface area contributed by atoms with Crippen molar-refractivity contribution >= 4 is 32.4 Å². The van der Waals surface area contributed by atoms with Gasteiger partial charge in [0, 0.05) is 27.1 Å². The molecule has 0 bridgehead atoms. The quantitative estimate of drug-likeness (QED) is 0.591. The van der Waals surface area contributed by atoms with E-state index in [-0.39, 0.29) is 28.1 Å². The number of rotatable bonds is 3. The third kappa shape index (κ3) is 2.26. The van der Waals surface area contributed by atoms with Gasteiger partial charge in [-0.3, -0.25) is 4.79 Å². The van der Waals surface area contributed by atoms with Crippen LogP contribution in [0.5, 0.6) is 17.2 Å². The zero-order valence-corrected chi connectivity index (χ0v) is 14.3. The smallest absolute Gasteiger partial charge is 0.204 e. The van der Waals surface area contributed by atoms with E-state index in [9.17, 15) is 9.90 Å². The average molecular weight is 354 g/mol. The summed E-state index contributed by atoms with van der Waals surface area (Å²) in [5.74, 6) is 0.00263. The van der Waals surface area contributed by atoms with Gasteiger partial charge in [0.15, 0.2) is 11.5 Å². The molecular weight excluding hydrogens is 340 g/mol. The van der Waals surface area contributed by atoms with Crippen LogP contribution in [0.2, 0.25) is 0 Å². The lowest BCUT2D eigenvalue weighted by Gasteiger charge is -2.11. The molecule has 0 saturated carbocycles. The van der Waals surface area contributed by atoms with Crippen LogP contribution in [0.3, 0.4) is 0 Å². The Morgan fingerprint density at radius 3 is 2.68 bits per heavy atom. The Kier molecular flexibility index (Phi) is 3.62. The number of phenolic OH excluding ortho intramolecular Hbond substituents is 1. The fourth-order valence-electron chi connectivity index (χ4n) is 2.95. The number of hydrogen-bond acceptors (Lipinski definition) is 6. The molecule has 0 unspecified atom stereocenters. The first kappa shape index (κ1) is 15.5. The third-order valence-electron chi connectivity index (χ3n) is 4.15. The second kappa shape index (κ2) is 5.82. The van der Waals surface area contributed by atoms with Gasteiger partial charge in [-0.15, -0.1) is 11.3 Å². The van der Waals surface area contributed by atoms with Crippen LogP contribution in [-0.4, -0.2) is 19.3 Å². The van der Waals surface area contributed by atoms with Gasteiger partial charge >= 0.3 is 0 Å². The predicted octanol–water partition coefficient (Wildman–Crippen LogP) is 4.40. The van der Waals surface area contributed by atoms with Crippen LogP contribution in [0, 0.1) is 0 Å². The maximum absolute atomic E-state index is 13.1. The summed E-state index contributed by atoms with van der Waals surface area (Å²) in [4.78, 5) is 13.1. The van der Waals surface area contributed by atoms with E-state index in [2.05, 4.69) is 0 Å². The van der Waals surface area contributed by atoms with Gasteiger partial charge < -0.3 is 19.0 Å². The van der Waals surface area contributed by atoms with Gasteiger partial charge in [0.25, 0.3) is 0 Å². The molecule has 0 aliphatic carbocycles. The van der Waals surface area contributed by atoms with Crippen molar-refractivity contribution in [3.8, 4) is 28.4 Å². The highest BCUT2D eigenvalue weighted by Crippen LogP contribution is 2.42. The van der Waals surface area contributed by atoms with Gasteiger partial charge in [0.1, 0.15) is 17.2 Å². The van der Waals surface area contributed by atoms with E-state index in [1.807, 2.05) is 29.6 Å². The second-order valence-electron chi connectivity index (χ2n) is 5.46.